The second-order valence-electron chi connectivity index (χ2n) is 4.33. The predicted octanol–water partition coefficient (Wildman–Crippen LogP) is 2.55. The molecule has 0 radical (unpaired) electrons. The number of benzene rings is 1. The quantitative estimate of drug-likeness (QED) is 0.603. The van der Waals surface area contributed by atoms with Crippen molar-refractivity contribution >= 4 is 11.6 Å². The van der Waals surface area contributed by atoms with Gasteiger partial charge in [0.1, 0.15) is 11.5 Å². The lowest BCUT2D eigenvalue weighted by Crippen LogP contribution is -2.10. The normalized spacial score (nSPS) is 10.0. The molecule has 0 aliphatic carbocycles. The van der Waals surface area contributed by atoms with Crippen molar-refractivity contribution in [3.05, 3.63) is 53.9 Å². The number of ketones is 2. The average molecular weight is 285 g/mol. The van der Waals surface area contributed by atoms with Crippen LogP contribution in [0.15, 0.2) is 42.7 Å². The number of rotatable bonds is 6. The van der Waals surface area contributed by atoms with Crippen LogP contribution in [0.2, 0.25) is 0 Å². The molecule has 0 N–H and O–H groups in total. The molecule has 5 nitrogen and oxygen atoms in total. The molecule has 21 heavy (non-hydrogen) atoms. The molecule has 0 atom stereocenters. The van der Waals surface area contributed by atoms with Gasteiger partial charge in [-0.05, 0) is 30.3 Å². The van der Waals surface area contributed by atoms with Crippen molar-refractivity contribution in [1.29, 1.82) is 0 Å². The summed E-state index contributed by atoms with van der Waals surface area (Å²) in [6, 6.07) is 8.19. The van der Waals surface area contributed by atoms with Crippen LogP contribution in [0.5, 0.6) is 11.5 Å². The fourth-order valence-electron chi connectivity index (χ4n) is 1.90. The smallest absolute Gasteiger partial charge is 0.174 e. The molecule has 0 saturated heterocycles. The van der Waals surface area contributed by atoms with Gasteiger partial charge in [-0.25, -0.2) is 0 Å². The third kappa shape index (κ3) is 3.45. The number of Topliss-reactive ketones (excluding diaryl/α,β-unsaturated/α-hetero) is 2. The van der Waals surface area contributed by atoms with Crippen LogP contribution in [0.4, 0.5) is 0 Å². The molecule has 0 aliphatic heterocycles. The Morgan fingerprint density at radius 1 is 1.10 bits per heavy atom. The minimum atomic E-state index is -0.320. The van der Waals surface area contributed by atoms with Gasteiger partial charge < -0.3 is 9.47 Å². The van der Waals surface area contributed by atoms with Crippen LogP contribution < -0.4 is 9.47 Å². The van der Waals surface area contributed by atoms with Crippen LogP contribution >= 0.6 is 0 Å². The van der Waals surface area contributed by atoms with Crippen LogP contribution in [0, 0.1) is 0 Å². The summed E-state index contributed by atoms with van der Waals surface area (Å²) in [6.07, 6.45) is 2.78. The average Bonchev–Trinajstić information content (AvgIpc) is 2.54. The number of nitrogens with zero attached hydrogens (tertiary/aromatic N) is 1. The van der Waals surface area contributed by atoms with Gasteiger partial charge >= 0.3 is 0 Å². The van der Waals surface area contributed by atoms with Crippen LogP contribution in [0.3, 0.4) is 0 Å². The van der Waals surface area contributed by atoms with Crippen molar-refractivity contribution < 1.29 is 19.1 Å². The van der Waals surface area contributed by atoms with E-state index in [-0.39, 0.29) is 18.0 Å². The van der Waals surface area contributed by atoms with E-state index in [0.717, 1.165) is 0 Å². The Bertz CT molecular complexity index is 653. The van der Waals surface area contributed by atoms with E-state index >= 15 is 0 Å². The maximum absolute atomic E-state index is 12.3. The Hall–Kier alpha value is -2.69. The number of hydrogen-bond acceptors (Lipinski definition) is 5. The number of hydrogen-bond donors (Lipinski definition) is 0. The Labute approximate surface area is 122 Å². The van der Waals surface area contributed by atoms with Gasteiger partial charge in [-0.3, -0.25) is 14.6 Å². The number of aromatic nitrogens is 1. The van der Waals surface area contributed by atoms with Gasteiger partial charge in [-0.2, -0.15) is 0 Å². The van der Waals surface area contributed by atoms with Gasteiger partial charge in [0, 0.05) is 18.0 Å². The first-order valence-electron chi connectivity index (χ1n) is 6.34. The molecule has 1 aromatic carbocycles. The molecule has 5 heteroatoms. The summed E-state index contributed by atoms with van der Waals surface area (Å²) < 4.78 is 10.2. The molecule has 0 amide bonds. The predicted molar refractivity (Wildman–Crippen MR) is 77.1 cm³/mol. The van der Waals surface area contributed by atoms with E-state index < -0.39 is 0 Å². The van der Waals surface area contributed by atoms with Gasteiger partial charge in [-0.1, -0.05) is 0 Å². The zero-order valence-electron chi connectivity index (χ0n) is 11.8. The minimum Gasteiger partial charge on any atom is -0.497 e. The maximum Gasteiger partial charge on any atom is 0.174 e. The largest absolute Gasteiger partial charge is 0.497 e. The highest BCUT2D eigenvalue weighted by atomic mass is 16.5. The second kappa shape index (κ2) is 6.65. The fraction of sp³-hybridized carbons (Fsp3) is 0.188. The van der Waals surface area contributed by atoms with E-state index in [2.05, 4.69) is 4.98 Å². The summed E-state index contributed by atoms with van der Waals surface area (Å²) in [5.41, 5.74) is 0.738. The third-order valence-corrected chi connectivity index (χ3v) is 3.01. The first-order chi connectivity index (χ1) is 10.2. The SMILES string of the molecule is COc1ccc(OC)c(C(=O)CC(=O)c2cccnc2)c1. The summed E-state index contributed by atoms with van der Waals surface area (Å²) in [5, 5.41) is 0. The summed E-state index contributed by atoms with van der Waals surface area (Å²) in [5.74, 6) is 0.352. The van der Waals surface area contributed by atoms with Crippen molar-refractivity contribution in [3.8, 4) is 11.5 Å². The molecule has 2 aromatic rings. The van der Waals surface area contributed by atoms with Crippen LogP contribution in [0.25, 0.3) is 0 Å². The molecule has 1 aromatic heterocycles. The summed E-state index contributed by atoms with van der Waals surface area (Å²) in [7, 11) is 2.98. The van der Waals surface area contributed by atoms with E-state index in [1.807, 2.05) is 0 Å². The van der Waals surface area contributed by atoms with Crippen molar-refractivity contribution in [1.82, 2.24) is 4.98 Å². The Kier molecular flexibility index (Phi) is 4.66. The lowest BCUT2D eigenvalue weighted by molar-refractivity contribution is 0.0892. The molecular weight excluding hydrogens is 270 g/mol. The van der Waals surface area contributed by atoms with Crippen molar-refractivity contribution in [2.24, 2.45) is 0 Å². The van der Waals surface area contributed by atoms with E-state index in [1.165, 1.54) is 20.4 Å². The summed E-state index contributed by atoms with van der Waals surface area (Å²) >= 11 is 0. The molecule has 108 valence electrons. The first kappa shape index (κ1) is 14.7. The van der Waals surface area contributed by atoms with Crippen molar-refractivity contribution in [3.63, 3.8) is 0 Å². The highest BCUT2D eigenvalue weighted by Crippen LogP contribution is 2.25. The summed E-state index contributed by atoms with van der Waals surface area (Å²) in [4.78, 5) is 28.2. The summed E-state index contributed by atoms with van der Waals surface area (Å²) in [6.45, 7) is 0. The third-order valence-electron chi connectivity index (χ3n) is 3.01. The standard InChI is InChI=1S/C16H15NO4/c1-20-12-5-6-16(21-2)13(8-12)15(19)9-14(18)11-4-3-7-17-10-11/h3-8,10H,9H2,1-2H3. The molecule has 0 saturated carbocycles. The van der Waals surface area contributed by atoms with Crippen molar-refractivity contribution in [2.75, 3.05) is 14.2 Å². The minimum absolute atomic E-state index is 0.241. The lowest BCUT2D eigenvalue weighted by atomic mass is 10.0. The van der Waals surface area contributed by atoms with E-state index in [0.29, 0.717) is 22.6 Å². The molecular formula is C16H15NO4. The number of carbonyl (C=O) groups excluding carboxylic acids is 2. The maximum atomic E-state index is 12.3. The molecule has 2 rings (SSSR count). The fourth-order valence-corrected chi connectivity index (χ4v) is 1.90. The monoisotopic (exact) mass is 285 g/mol. The van der Waals surface area contributed by atoms with E-state index in [1.54, 1.807) is 36.5 Å². The Morgan fingerprint density at radius 2 is 1.90 bits per heavy atom. The van der Waals surface area contributed by atoms with Gasteiger partial charge in [0.25, 0.3) is 0 Å². The topological polar surface area (TPSA) is 65.5 Å². The zero-order valence-corrected chi connectivity index (χ0v) is 11.8. The van der Waals surface area contributed by atoms with Crippen LogP contribution in [-0.2, 0) is 0 Å². The molecule has 0 spiro atoms. The second-order valence-corrected chi connectivity index (χ2v) is 4.33. The molecule has 0 fully saturated rings. The van der Waals surface area contributed by atoms with E-state index in [9.17, 15) is 9.59 Å². The van der Waals surface area contributed by atoms with Gasteiger partial charge in [0.15, 0.2) is 11.6 Å². The van der Waals surface area contributed by atoms with Gasteiger partial charge in [-0.15, -0.1) is 0 Å². The van der Waals surface area contributed by atoms with Gasteiger partial charge in [0.05, 0.1) is 26.2 Å². The number of carbonyl (C=O) groups is 2. The highest BCUT2D eigenvalue weighted by molar-refractivity contribution is 6.14. The Morgan fingerprint density at radius 3 is 2.52 bits per heavy atom. The first-order valence-corrected chi connectivity index (χ1v) is 6.34. The van der Waals surface area contributed by atoms with E-state index in [4.69, 9.17) is 9.47 Å². The van der Waals surface area contributed by atoms with Crippen LogP contribution in [-0.4, -0.2) is 30.8 Å². The zero-order chi connectivity index (χ0) is 15.2. The number of methoxy groups -OCH3 is 2. The number of ether oxygens (including phenoxy) is 2. The molecule has 1 heterocycles. The van der Waals surface area contributed by atoms with Crippen LogP contribution in [0.1, 0.15) is 27.1 Å². The van der Waals surface area contributed by atoms with Gasteiger partial charge in [0.2, 0.25) is 0 Å². The lowest BCUT2D eigenvalue weighted by Gasteiger charge is -2.09. The Balaban J connectivity index is 2.22. The molecule has 0 unspecified atom stereocenters. The highest BCUT2D eigenvalue weighted by Gasteiger charge is 2.18. The van der Waals surface area contributed by atoms with Crippen molar-refractivity contribution in [2.45, 2.75) is 6.42 Å². The number of pyridine rings is 1. The molecule has 0 bridgehead atoms. The molecule has 0 aliphatic rings.